The molecule has 0 saturated heterocycles. The Labute approximate surface area is 147 Å². The molecule has 0 aliphatic carbocycles. The first-order valence-electron chi connectivity index (χ1n) is 7.09. The SMILES string of the molecule is C=CC1(C(F)(F)F)OCC(=O)Nc2ccc(Cl)cc21.c1ccncc1. The van der Waals surface area contributed by atoms with E-state index in [-0.39, 0.29) is 16.3 Å². The van der Waals surface area contributed by atoms with Gasteiger partial charge in [-0.15, -0.1) is 0 Å². The Morgan fingerprint density at radius 1 is 1.28 bits per heavy atom. The first kappa shape index (κ1) is 19.0. The second kappa shape index (κ2) is 7.67. The van der Waals surface area contributed by atoms with E-state index in [0.29, 0.717) is 6.08 Å². The molecule has 0 saturated carbocycles. The Kier molecular flexibility index (Phi) is 5.81. The quantitative estimate of drug-likeness (QED) is 0.760. The minimum atomic E-state index is -4.76. The highest BCUT2D eigenvalue weighted by Crippen LogP contribution is 2.47. The predicted molar refractivity (Wildman–Crippen MR) is 88.2 cm³/mol. The van der Waals surface area contributed by atoms with Gasteiger partial charge in [-0.2, -0.15) is 13.2 Å². The Morgan fingerprint density at radius 2 is 1.96 bits per heavy atom. The number of carbonyl (C=O) groups excluding carboxylic acids is 1. The summed E-state index contributed by atoms with van der Waals surface area (Å²) in [5.41, 5.74) is -3.04. The molecule has 3 rings (SSSR count). The molecule has 2 aromatic rings. The first-order valence-corrected chi connectivity index (χ1v) is 7.47. The highest BCUT2D eigenvalue weighted by molar-refractivity contribution is 6.30. The molecule has 1 atom stereocenters. The molecule has 0 radical (unpaired) electrons. The minimum Gasteiger partial charge on any atom is -0.347 e. The molecule has 8 heteroatoms. The van der Waals surface area contributed by atoms with Gasteiger partial charge in [-0.3, -0.25) is 9.78 Å². The normalized spacial score (nSPS) is 19.6. The van der Waals surface area contributed by atoms with Gasteiger partial charge in [-0.05, 0) is 36.4 Å². The Balaban J connectivity index is 0.000000316. The zero-order chi connectivity index (χ0) is 18.5. The molecule has 1 amide bonds. The topological polar surface area (TPSA) is 51.2 Å². The van der Waals surface area contributed by atoms with Crippen LogP contribution in [0.4, 0.5) is 18.9 Å². The number of amides is 1. The van der Waals surface area contributed by atoms with Crippen molar-refractivity contribution in [1.82, 2.24) is 4.98 Å². The molecule has 1 aromatic carbocycles. The van der Waals surface area contributed by atoms with Crippen LogP contribution in [0, 0.1) is 0 Å². The van der Waals surface area contributed by atoms with Gasteiger partial charge in [-0.1, -0.05) is 24.2 Å². The third-order valence-corrected chi connectivity index (χ3v) is 3.60. The van der Waals surface area contributed by atoms with Crippen molar-refractivity contribution in [2.75, 3.05) is 11.9 Å². The van der Waals surface area contributed by atoms with E-state index in [1.165, 1.54) is 12.1 Å². The molecule has 0 spiro atoms. The zero-order valence-corrected chi connectivity index (χ0v) is 13.6. The van der Waals surface area contributed by atoms with Crippen LogP contribution in [-0.2, 0) is 15.1 Å². The van der Waals surface area contributed by atoms with E-state index in [4.69, 9.17) is 16.3 Å². The van der Waals surface area contributed by atoms with E-state index in [1.54, 1.807) is 12.4 Å². The maximum atomic E-state index is 13.3. The van der Waals surface area contributed by atoms with Crippen molar-refractivity contribution in [3.63, 3.8) is 0 Å². The van der Waals surface area contributed by atoms with Crippen molar-refractivity contribution in [1.29, 1.82) is 0 Å². The molecule has 1 aromatic heterocycles. The summed E-state index contributed by atoms with van der Waals surface area (Å²) in [4.78, 5) is 15.2. The second-order valence-corrected chi connectivity index (χ2v) is 5.43. The minimum absolute atomic E-state index is 0.00382. The molecule has 2 heterocycles. The maximum Gasteiger partial charge on any atom is 0.425 e. The van der Waals surface area contributed by atoms with Gasteiger partial charge in [0.05, 0.1) is 0 Å². The molecular formula is C17H14ClF3N2O2. The van der Waals surface area contributed by atoms with Crippen molar-refractivity contribution < 1.29 is 22.7 Å². The number of alkyl halides is 3. The number of fused-ring (bicyclic) bond motifs is 1. The molecule has 25 heavy (non-hydrogen) atoms. The number of pyridine rings is 1. The van der Waals surface area contributed by atoms with Crippen LogP contribution in [0.1, 0.15) is 5.56 Å². The van der Waals surface area contributed by atoms with Crippen LogP contribution in [0.15, 0.2) is 61.4 Å². The lowest BCUT2D eigenvalue weighted by molar-refractivity contribution is -0.260. The smallest absolute Gasteiger partial charge is 0.347 e. The lowest BCUT2D eigenvalue weighted by Gasteiger charge is -2.32. The molecular weight excluding hydrogens is 357 g/mol. The Hall–Kier alpha value is -2.38. The van der Waals surface area contributed by atoms with Gasteiger partial charge in [0, 0.05) is 28.7 Å². The maximum absolute atomic E-state index is 13.3. The summed E-state index contributed by atoms with van der Waals surface area (Å²) in [6.45, 7) is 2.47. The fourth-order valence-corrected chi connectivity index (χ4v) is 2.38. The van der Waals surface area contributed by atoms with Gasteiger partial charge in [0.1, 0.15) is 6.61 Å². The van der Waals surface area contributed by atoms with Crippen molar-refractivity contribution in [3.8, 4) is 0 Å². The fourth-order valence-electron chi connectivity index (χ4n) is 2.21. The first-order chi connectivity index (χ1) is 11.8. The van der Waals surface area contributed by atoms with Crippen LogP contribution < -0.4 is 5.32 Å². The van der Waals surface area contributed by atoms with Crippen molar-refractivity contribution in [2.24, 2.45) is 0 Å². The van der Waals surface area contributed by atoms with Gasteiger partial charge in [0.15, 0.2) is 0 Å². The summed E-state index contributed by atoms with van der Waals surface area (Å²) >= 11 is 5.73. The number of hydrogen-bond acceptors (Lipinski definition) is 3. The number of halogens is 4. The van der Waals surface area contributed by atoms with Crippen LogP contribution in [0.3, 0.4) is 0 Å². The van der Waals surface area contributed by atoms with E-state index in [0.717, 1.165) is 6.07 Å². The highest BCUT2D eigenvalue weighted by Gasteiger charge is 2.57. The second-order valence-electron chi connectivity index (χ2n) is 4.99. The van der Waals surface area contributed by atoms with Crippen molar-refractivity contribution >= 4 is 23.2 Å². The average Bonchev–Trinajstić information content (AvgIpc) is 2.73. The van der Waals surface area contributed by atoms with Crippen LogP contribution in [0.5, 0.6) is 0 Å². The van der Waals surface area contributed by atoms with Crippen LogP contribution >= 0.6 is 11.6 Å². The number of nitrogens with one attached hydrogen (secondary N) is 1. The van der Waals surface area contributed by atoms with Gasteiger partial charge in [0.2, 0.25) is 11.5 Å². The molecule has 1 N–H and O–H groups in total. The summed E-state index contributed by atoms with van der Waals surface area (Å²) in [7, 11) is 0. The lowest BCUT2D eigenvalue weighted by atomic mass is 9.91. The summed E-state index contributed by atoms with van der Waals surface area (Å²) in [6, 6.07) is 9.51. The Bertz CT molecular complexity index is 727. The Morgan fingerprint density at radius 3 is 2.44 bits per heavy atom. The molecule has 4 nitrogen and oxygen atoms in total. The van der Waals surface area contributed by atoms with Crippen molar-refractivity contribution in [2.45, 2.75) is 11.8 Å². The molecule has 0 fully saturated rings. The zero-order valence-electron chi connectivity index (χ0n) is 12.9. The van der Waals surface area contributed by atoms with Crippen LogP contribution in [-0.4, -0.2) is 23.7 Å². The number of rotatable bonds is 1. The number of carbonyl (C=O) groups is 1. The molecule has 1 aliphatic rings. The molecule has 132 valence electrons. The largest absolute Gasteiger partial charge is 0.425 e. The van der Waals surface area contributed by atoms with E-state index in [1.807, 2.05) is 18.2 Å². The molecule has 1 unspecified atom stereocenters. The highest BCUT2D eigenvalue weighted by atomic mass is 35.5. The lowest BCUT2D eigenvalue weighted by Crippen LogP contribution is -2.43. The standard InChI is InChI=1S/C12H9ClF3NO2.C5H5N/c1-2-11(12(14,15)16)8-5-7(13)3-4-9(8)17-10(18)6-19-11;1-2-4-6-5-3-1/h2-5H,1,6H2,(H,17,18);1-5H. The van der Waals surface area contributed by atoms with Gasteiger partial charge in [0.25, 0.3) is 0 Å². The average molecular weight is 371 g/mol. The molecule has 0 bridgehead atoms. The van der Waals surface area contributed by atoms with Crippen molar-refractivity contribution in [3.05, 3.63) is 72.0 Å². The number of ether oxygens (including phenoxy) is 1. The predicted octanol–water partition coefficient (Wildman–Crippen LogP) is 4.33. The number of nitrogens with zero attached hydrogens (tertiary/aromatic N) is 1. The number of hydrogen-bond donors (Lipinski definition) is 1. The van der Waals surface area contributed by atoms with E-state index in [9.17, 15) is 18.0 Å². The van der Waals surface area contributed by atoms with E-state index >= 15 is 0 Å². The van der Waals surface area contributed by atoms with Gasteiger partial charge in [-0.25, -0.2) is 0 Å². The van der Waals surface area contributed by atoms with Crippen LogP contribution in [0.25, 0.3) is 0 Å². The molecule has 1 aliphatic heterocycles. The van der Waals surface area contributed by atoms with Gasteiger partial charge >= 0.3 is 6.18 Å². The summed E-state index contributed by atoms with van der Waals surface area (Å²) in [5, 5.41) is 2.45. The van der Waals surface area contributed by atoms with Gasteiger partial charge < -0.3 is 10.1 Å². The summed E-state index contributed by atoms with van der Waals surface area (Å²) in [5.74, 6) is -0.670. The van der Waals surface area contributed by atoms with E-state index in [2.05, 4.69) is 16.9 Å². The van der Waals surface area contributed by atoms with Crippen LogP contribution in [0.2, 0.25) is 5.02 Å². The monoisotopic (exact) mass is 370 g/mol. The van der Waals surface area contributed by atoms with E-state index < -0.39 is 24.3 Å². The number of benzene rings is 1. The fraction of sp³-hybridized carbons (Fsp3) is 0.176. The number of aromatic nitrogens is 1. The third kappa shape index (κ3) is 4.18. The summed E-state index contributed by atoms with van der Waals surface area (Å²) in [6.07, 6.45) is -0.636. The third-order valence-electron chi connectivity index (χ3n) is 3.36. The summed E-state index contributed by atoms with van der Waals surface area (Å²) < 4.78 is 44.8. The number of anilines is 1.